The summed E-state index contributed by atoms with van der Waals surface area (Å²) in [5.41, 5.74) is 6.95. The number of benzene rings is 1. The second-order valence-corrected chi connectivity index (χ2v) is 5.16. The number of hydrogen-bond donors (Lipinski definition) is 2. The average molecular weight is 292 g/mol. The summed E-state index contributed by atoms with van der Waals surface area (Å²) in [5.74, 6) is 0.0211. The van der Waals surface area contributed by atoms with Gasteiger partial charge in [-0.2, -0.15) is 0 Å². The van der Waals surface area contributed by atoms with Gasteiger partial charge in [-0.3, -0.25) is 20.4 Å². The summed E-state index contributed by atoms with van der Waals surface area (Å²) < 4.78 is 5.41. The lowest BCUT2D eigenvalue weighted by Crippen LogP contribution is -2.46. The standard InChI is InChI=1S/C16H24N2O3/c1-5-13(6-2)16(20)18-17-15(19)10-21-14-8-11(3)7-12(4)9-14/h7-9,13H,5-6,10H2,1-4H3,(H,17,19)(H,18,20). The molecule has 0 saturated carbocycles. The van der Waals surface area contributed by atoms with Crippen LogP contribution in [0.3, 0.4) is 0 Å². The monoisotopic (exact) mass is 292 g/mol. The Morgan fingerprint density at radius 3 is 2.14 bits per heavy atom. The largest absolute Gasteiger partial charge is 0.484 e. The van der Waals surface area contributed by atoms with Crippen molar-refractivity contribution in [2.45, 2.75) is 40.5 Å². The number of carbonyl (C=O) groups excluding carboxylic acids is 2. The smallest absolute Gasteiger partial charge is 0.276 e. The maximum Gasteiger partial charge on any atom is 0.276 e. The fourth-order valence-corrected chi connectivity index (χ4v) is 2.09. The van der Waals surface area contributed by atoms with Gasteiger partial charge in [-0.25, -0.2) is 0 Å². The van der Waals surface area contributed by atoms with Gasteiger partial charge in [0, 0.05) is 5.92 Å². The van der Waals surface area contributed by atoms with Gasteiger partial charge in [-0.05, 0) is 49.9 Å². The number of amides is 2. The van der Waals surface area contributed by atoms with Crippen molar-refractivity contribution in [2.75, 3.05) is 6.61 Å². The van der Waals surface area contributed by atoms with E-state index in [1.807, 2.05) is 45.9 Å². The van der Waals surface area contributed by atoms with E-state index in [0.717, 1.165) is 24.0 Å². The predicted molar refractivity (Wildman–Crippen MR) is 81.8 cm³/mol. The molecule has 2 N–H and O–H groups in total. The molecule has 5 nitrogen and oxygen atoms in total. The molecule has 1 aromatic carbocycles. The molecule has 0 bridgehead atoms. The topological polar surface area (TPSA) is 67.4 Å². The van der Waals surface area contributed by atoms with Crippen molar-refractivity contribution in [3.8, 4) is 5.75 Å². The third-order valence-electron chi connectivity index (χ3n) is 3.25. The Morgan fingerprint density at radius 2 is 1.62 bits per heavy atom. The van der Waals surface area contributed by atoms with Crippen molar-refractivity contribution in [1.82, 2.24) is 10.9 Å². The molecule has 0 spiro atoms. The van der Waals surface area contributed by atoms with Crippen molar-refractivity contribution >= 4 is 11.8 Å². The first-order chi connectivity index (χ1) is 9.96. The number of rotatable bonds is 6. The first-order valence-electron chi connectivity index (χ1n) is 7.26. The van der Waals surface area contributed by atoms with Crippen LogP contribution in [0.4, 0.5) is 0 Å². The van der Waals surface area contributed by atoms with E-state index >= 15 is 0 Å². The Bertz CT molecular complexity index is 476. The van der Waals surface area contributed by atoms with Crippen molar-refractivity contribution in [3.63, 3.8) is 0 Å². The molecular weight excluding hydrogens is 268 g/mol. The highest BCUT2D eigenvalue weighted by Crippen LogP contribution is 2.15. The molecule has 0 atom stereocenters. The lowest BCUT2D eigenvalue weighted by Gasteiger charge is -2.14. The fraction of sp³-hybridized carbons (Fsp3) is 0.500. The highest BCUT2D eigenvalue weighted by Gasteiger charge is 2.14. The quantitative estimate of drug-likeness (QED) is 0.790. The van der Waals surface area contributed by atoms with Crippen LogP contribution in [0.15, 0.2) is 18.2 Å². The van der Waals surface area contributed by atoms with Crippen LogP contribution in [0.25, 0.3) is 0 Å². The Balaban J connectivity index is 2.39. The highest BCUT2D eigenvalue weighted by atomic mass is 16.5. The highest BCUT2D eigenvalue weighted by molar-refractivity contribution is 5.83. The molecule has 0 aromatic heterocycles. The second kappa shape index (κ2) is 8.29. The van der Waals surface area contributed by atoms with Crippen LogP contribution in [-0.4, -0.2) is 18.4 Å². The molecule has 0 aliphatic rings. The first-order valence-corrected chi connectivity index (χ1v) is 7.26. The van der Waals surface area contributed by atoms with Crippen LogP contribution in [0.5, 0.6) is 5.75 Å². The van der Waals surface area contributed by atoms with Gasteiger partial charge in [-0.1, -0.05) is 19.9 Å². The molecule has 0 aliphatic heterocycles. The van der Waals surface area contributed by atoms with Gasteiger partial charge in [0.2, 0.25) is 5.91 Å². The summed E-state index contributed by atoms with van der Waals surface area (Å²) >= 11 is 0. The summed E-state index contributed by atoms with van der Waals surface area (Å²) in [5, 5.41) is 0. The molecule has 2 amide bonds. The fourth-order valence-electron chi connectivity index (χ4n) is 2.09. The third-order valence-corrected chi connectivity index (χ3v) is 3.25. The molecule has 116 valence electrons. The van der Waals surface area contributed by atoms with Crippen LogP contribution in [-0.2, 0) is 9.59 Å². The minimum absolute atomic E-state index is 0.0781. The molecule has 5 heteroatoms. The normalized spacial score (nSPS) is 10.3. The predicted octanol–water partition coefficient (Wildman–Crippen LogP) is 2.27. The third kappa shape index (κ3) is 5.85. The molecule has 0 unspecified atom stereocenters. The minimum Gasteiger partial charge on any atom is -0.484 e. The van der Waals surface area contributed by atoms with E-state index in [9.17, 15) is 9.59 Å². The van der Waals surface area contributed by atoms with E-state index in [0.29, 0.717) is 5.75 Å². The maximum absolute atomic E-state index is 11.7. The van der Waals surface area contributed by atoms with Crippen LogP contribution >= 0.6 is 0 Å². The summed E-state index contributed by atoms with van der Waals surface area (Å²) in [6.45, 7) is 7.69. The minimum atomic E-state index is -0.381. The number of carbonyl (C=O) groups is 2. The number of hydrogen-bond acceptors (Lipinski definition) is 3. The zero-order valence-corrected chi connectivity index (χ0v) is 13.2. The zero-order chi connectivity index (χ0) is 15.8. The molecule has 1 aromatic rings. The van der Waals surface area contributed by atoms with Crippen molar-refractivity contribution in [1.29, 1.82) is 0 Å². The molecule has 0 aliphatic carbocycles. The van der Waals surface area contributed by atoms with Gasteiger partial charge in [-0.15, -0.1) is 0 Å². The zero-order valence-electron chi connectivity index (χ0n) is 13.2. The Labute approximate surface area is 126 Å². The van der Waals surface area contributed by atoms with Crippen LogP contribution < -0.4 is 15.6 Å². The van der Waals surface area contributed by atoms with E-state index in [4.69, 9.17) is 4.74 Å². The van der Waals surface area contributed by atoms with Crippen molar-refractivity contribution in [3.05, 3.63) is 29.3 Å². The Morgan fingerprint density at radius 1 is 1.05 bits per heavy atom. The van der Waals surface area contributed by atoms with Gasteiger partial charge in [0.25, 0.3) is 5.91 Å². The lowest BCUT2D eigenvalue weighted by atomic mass is 10.0. The molecule has 1 rings (SSSR count). The van der Waals surface area contributed by atoms with E-state index in [-0.39, 0.29) is 24.3 Å². The molecule has 0 fully saturated rings. The molecule has 0 saturated heterocycles. The van der Waals surface area contributed by atoms with Gasteiger partial charge in [0.05, 0.1) is 0 Å². The SMILES string of the molecule is CCC(CC)C(=O)NNC(=O)COc1cc(C)cc(C)c1. The van der Waals surface area contributed by atoms with E-state index in [1.165, 1.54) is 0 Å². The maximum atomic E-state index is 11.7. The Hall–Kier alpha value is -2.04. The summed E-state index contributed by atoms with van der Waals surface area (Å²) in [4.78, 5) is 23.3. The van der Waals surface area contributed by atoms with Crippen LogP contribution in [0.2, 0.25) is 0 Å². The van der Waals surface area contributed by atoms with Gasteiger partial charge < -0.3 is 4.74 Å². The first kappa shape index (κ1) is 17.0. The molecule has 0 heterocycles. The van der Waals surface area contributed by atoms with E-state index in [2.05, 4.69) is 10.9 Å². The number of ether oxygens (including phenoxy) is 1. The van der Waals surface area contributed by atoms with Crippen molar-refractivity contribution < 1.29 is 14.3 Å². The van der Waals surface area contributed by atoms with E-state index in [1.54, 1.807) is 0 Å². The van der Waals surface area contributed by atoms with E-state index < -0.39 is 0 Å². The summed E-state index contributed by atoms with van der Waals surface area (Å²) in [7, 11) is 0. The van der Waals surface area contributed by atoms with Gasteiger partial charge in [0.15, 0.2) is 6.61 Å². The Kier molecular flexibility index (Phi) is 6.72. The number of hydrazine groups is 1. The summed E-state index contributed by atoms with van der Waals surface area (Å²) in [6, 6.07) is 5.76. The van der Waals surface area contributed by atoms with Crippen molar-refractivity contribution in [2.24, 2.45) is 5.92 Å². The number of nitrogens with one attached hydrogen (secondary N) is 2. The van der Waals surface area contributed by atoms with Gasteiger partial charge >= 0.3 is 0 Å². The summed E-state index contributed by atoms with van der Waals surface area (Å²) in [6.07, 6.45) is 1.49. The molecular formula is C16H24N2O3. The van der Waals surface area contributed by atoms with Gasteiger partial charge in [0.1, 0.15) is 5.75 Å². The average Bonchev–Trinajstić information content (AvgIpc) is 2.43. The number of aryl methyl sites for hydroxylation is 2. The molecule has 21 heavy (non-hydrogen) atoms. The lowest BCUT2D eigenvalue weighted by molar-refractivity contribution is -0.132. The van der Waals surface area contributed by atoms with Crippen LogP contribution in [0, 0.1) is 19.8 Å². The van der Waals surface area contributed by atoms with Crippen LogP contribution in [0.1, 0.15) is 37.8 Å². The second-order valence-electron chi connectivity index (χ2n) is 5.16. The molecule has 0 radical (unpaired) electrons.